The number of amides is 1. The van der Waals surface area contributed by atoms with Crippen molar-refractivity contribution in [2.24, 2.45) is 0 Å². The van der Waals surface area contributed by atoms with Gasteiger partial charge in [-0.05, 0) is 58.1 Å². The number of aliphatic hydroxyl groups is 1. The molecule has 1 aliphatic carbocycles. The maximum absolute atomic E-state index is 12.4. The van der Waals surface area contributed by atoms with Gasteiger partial charge < -0.3 is 21.1 Å². The molecule has 2 aliphatic rings. The van der Waals surface area contributed by atoms with Crippen molar-refractivity contribution in [3.63, 3.8) is 0 Å². The van der Waals surface area contributed by atoms with Crippen molar-refractivity contribution in [1.82, 2.24) is 15.3 Å². The number of carbonyl (C=O) groups is 1. The third kappa shape index (κ3) is 3.84. The summed E-state index contributed by atoms with van der Waals surface area (Å²) < 4.78 is 0.700. The second-order valence-electron chi connectivity index (χ2n) is 8.31. The van der Waals surface area contributed by atoms with E-state index in [4.69, 9.17) is 0 Å². The zero-order valence-corrected chi connectivity index (χ0v) is 19.0. The summed E-state index contributed by atoms with van der Waals surface area (Å²) >= 11 is 3.49. The van der Waals surface area contributed by atoms with E-state index in [0.29, 0.717) is 16.2 Å². The van der Waals surface area contributed by atoms with Crippen molar-refractivity contribution < 1.29 is 9.90 Å². The molecule has 8 heteroatoms. The minimum Gasteiger partial charge on any atom is -0.394 e. The average molecular weight is 494 g/mol. The first-order valence-electron chi connectivity index (χ1n) is 10.8. The number of aliphatic hydroxyl groups excluding tert-OH is 1. The van der Waals surface area contributed by atoms with Gasteiger partial charge in [0.15, 0.2) is 0 Å². The zero-order chi connectivity index (χ0) is 22.1. The molecule has 164 valence electrons. The Balaban J connectivity index is 1.40. The Morgan fingerprint density at radius 1 is 1.16 bits per heavy atom. The van der Waals surface area contributed by atoms with Gasteiger partial charge in [0.1, 0.15) is 5.82 Å². The highest BCUT2D eigenvalue weighted by Gasteiger charge is 2.44. The minimum absolute atomic E-state index is 0.00999. The van der Waals surface area contributed by atoms with Crippen LogP contribution >= 0.6 is 15.9 Å². The van der Waals surface area contributed by atoms with Crippen molar-refractivity contribution in [2.75, 3.05) is 17.2 Å². The van der Waals surface area contributed by atoms with Crippen molar-refractivity contribution in [1.29, 1.82) is 0 Å². The van der Waals surface area contributed by atoms with Crippen LogP contribution in [0.5, 0.6) is 0 Å². The minimum atomic E-state index is -0.297. The number of hydrogen-bond donors (Lipinski definition) is 4. The molecule has 7 nitrogen and oxygen atoms in total. The largest absolute Gasteiger partial charge is 0.394 e. The summed E-state index contributed by atoms with van der Waals surface area (Å²) in [5.74, 6) is 1.02. The van der Waals surface area contributed by atoms with E-state index >= 15 is 0 Å². The summed E-state index contributed by atoms with van der Waals surface area (Å²) in [5.41, 5.74) is 3.38. The van der Waals surface area contributed by atoms with Gasteiger partial charge in [0.2, 0.25) is 5.95 Å². The first-order chi connectivity index (χ1) is 15.6. The molecule has 1 amide bonds. The van der Waals surface area contributed by atoms with Crippen molar-refractivity contribution in [3.8, 4) is 0 Å². The zero-order valence-electron chi connectivity index (χ0n) is 17.4. The van der Waals surface area contributed by atoms with Crippen LogP contribution in [0, 0.1) is 0 Å². The van der Waals surface area contributed by atoms with Gasteiger partial charge in [0, 0.05) is 17.4 Å². The van der Waals surface area contributed by atoms with E-state index < -0.39 is 0 Å². The third-order valence-corrected chi connectivity index (χ3v) is 6.87. The summed E-state index contributed by atoms with van der Waals surface area (Å²) in [6, 6.07) is 15.2. The lowest BCUT2D eigenvalue weighted by Gasteiger charge is -2.24. The van der Waals surface area contributed by atoms with E-state index in [9.17, 15) is 9.90 Å². The number of halogens is 1. The van der Waals surface area contributed by atoms with Crippen LogP contribution in [0.25, 0.3) is 0 Å². The van der Waals surface area contributed by atoms with Gasteiger partial charge in [-0.3, -0.25) is 4.79 Å². The van der Waals surface area contributed by atoms with E-state index in [2.05, 4.69) is 41.8 Å². The van der Waals surface area contributed by atoms with Gasteiger partial charge in [0.05, 0.1) is 22.7 Å². The number of rotatable bonds is 6. The Morgan fingerprint density at radius 2 is 1.94 bits per heavy atom. The second-order valence-corrected chi connectivity index (χ2v) is 9.16. The predicted molar refractivity (Wildman–Crippen MR) is 127 cm³/mol. The van der Waals surface area contributed by atoms with Crippen LogP contribution in [0.15, 0.2) is 59.2 Å². The number of nitrogens with one attached hydrogen (secondary N) is 3. The van der Waals surface area contributed by atoms with Gasteiger partial charge in [-0.1, -0.05) is 43.2 Å². The molecule has 1 saturated carbocycles. The molecule has 1 spiro atoms. The van der Waals surface area contributed by atoms with Crippen LogP contribution in [0.4, 0.5) is 17.5 Å². The van der Waals surface area contributed by atoms with Crippen LogP contribution < -0.4 is 16.0 Å². The smallest absolute Gasteiger partial charge is 0.252 e. The van der Waals surface area contributed by atoms with Gasteiger partial charge in [0.25, 0.3) is 5.91 Å². The third-order valence-electron chi connectivity index (χ3n) is 6.29. The van der Waals surface area contributed by atoms with Gasteiger partial charge in [-0.15, -0.1) is 0 Å². The Morgan fingerprint density at radius 3 is 2.69 bits per heavy atom. The normalized spacial score (nSPS) is 17.1. The molecular formula is C24H24BrN5O2. The predicted octanol–water partition coefficient (Wildman–Crippen LogP) is 4.64. The maximum atomic E-state index is 12.4. The molecule has 1 fully saturated rings. The molecule has 1 atom stereocenters. The monoisotopic (exact) mass is 493 g/mol. The fourth-order valence-corrected chi connectivity index (χ4v) is 4.99. The highest BCUT2D eigenvalue weighted by atomic mass is 79.9. The molecule has 0 bridgehead atoms. The molecule has 1 aliphatic heterocycles. The molecule has 0 saturated heterocycles. The SMILES string of the molecule is O=C1NC2(CCCC2)c2cc(Nc3ncc(Br)c(N[C@H](CO)c4ccccc4)n3)ccc21. The number of fused-ring (bicyclic) bond motifs is 2. The highest BCUT2D eigenvalue weighted by molar-refractivity contribution is 9.10. The summed E-state index contributed by atoms with van der Waals surface area (Å²) in [6.45, 7) is -0.0723. The molecule has 32 heavy (non-hydrogen) atoms. The lowest BCUT2D eigenvalue weighted by molar-refractivity contribution is 0.0931. The Hall–Kier alpha value is -2.97. The fraction of sp³-hybridized carbons (Fsp3) is 0.292. The van der Waals surface area contributed by atoms with E-state index in [0.717, 1.165) is 48.1 Å². The number of carbonyl (C=O) groups excluding carboxylic acids is 1. The summed E-state index contributed by atoms with van der Waals surface area (Å²) in [7, 11) is 0. The van der Waals surface area contributed by atoms with E-state index in [1.807, 2.05) is 48.5 Å². The Kier molecular flexibility index (Phi) is 5.57. The standard InChI is InChI=1S/C24H24BrN5O2/c25-19-13-26-23(29-21(19)28-20(14-31)15-6-2-1-3-7-15)27-16-8-9-17-18(12-16)24(30-22(17)32)10-4-5-11-24/h1-3,6-9,12-13,20,31H,4-5,10-11,14H2,(H,30,32)(H2,26,27,28,29)/t20-/m1/s1. The topological polar surface area (TPSA) is 99.2 Å². The van der Waals surface area contributed by atoms with Crippen LogP contribution in [-0.2, 0) is 5.54 Å². The number of anilines is 3. The quantitative estimate of drug-likeness (QED) is 0.399. The summed E-state index contributed by atoms with van der Waals surface area (Å²) in [6.07, 6.45) is 5.86. The van der Waals surface area contributed by atoms with Crippen LogP contribution in [0.1, 0.15) is 53.2 Å². The van der Waals surface area contributed by atoms with E-state index in [1.165, 1.54) is 0 Å². The fourth-order valence-electron chi connectivity index (χ4n) is 4.68. The van der Waals surface area contributed by atoms with Crippen molar-refractivity contribution in [3.05, 3.63) is 75.9 Å². The number of hydrogen-bond acceptors (Lipinski definition) is 6. The molecule has 2 aromatic carbocycles. The lowest BCUT2D eigenvalue weighted by Crippen LogP contribution is -2.36. The molecular weight excluding hydrogens is 470 g/mol. The first-order valence-corrected chi connectivity index (χ1v) is 11.6. The van der Waals surface area contributed by atoms with Crippen LogP contribution in [0.2, 0.25) is 0 Å². The van der Waals surface area contributed by atoms with Crippen molar-refractivity contribution in [2.45, 2.75) is 37.3 Å². The number of nitrogens with zero attached hydrogens (tertiary/aromatic N) is 2. The van der Waals surface area contributed by atoms with Gasteiger partial charge >= 0.3 is 0 Å². The van der Waals surface area contributed by atoms with Crippen LogP contribution in [0.3, 0.4) is 0 Å². The van der Waals surface area contributed by atoms with Crippen molar-refractivity contribution >= 4 is 39.3 Å². The molecule has 2 heterocycles. The molecule has 1 aromatic heterocycles. The summed E-state index contributed by atoms with van der Waals surface area (Å²) in [5, 5.41) is 19.6. The Labute approximate surface area is 194 Å². The Bertz CT molecular complexity index is 1150. The molecule has 0 radical (unpaired) electrons. The highest BCUT2D eigenvalue weighted by Crippen LogP contribution is 2.44. The lowest BCUT2D eigenvalue weighted by atomic mass is 9.88. The molecule has 0 unspecified atom stereocenters. The first kappa shape index (κ1) is 20.9. The number of aromatic nitrogens is 2. The molecule has 3 aromatic rings. The second kappa shape index (κ2) is 8.52. The van der Waals surface area contributed by atoms with Gasteiger partial charge in [-0.2, -0.15) is 4.98 Å². The average Bonchev–Trinajstić information content (AvgIpc) is 3.39. The van der Waals surface area contributed by atoms with E-state index in [-0.39, 0.29) is 24.1 Å². The molecule has 5 rings (SSSR count). The van der Waals surface area contributed by atoms with Gasteiger partial charge in [-0.25, -0.2) is 4.98 Å². The van der Waals surface area contributed by atoms with Crippen LogP contribution in [-0.4, -0.2) is 27.6 Å². The molecule has 4 N–H and O–H groups in total. The summed E-state index contributed by atoms with van der Waals surface area (Å²) in [4.78, 5) is 21.4. The number of benzene rings is 2. The van der Waals surface area contributed by atoms with E-state index in [1.54, 1.807) is 6.20 Å². The maximum Gasteiger partial charge on any atom is 0.252 e.